The molecule has 2 aromatic rings. The average Bonchev–Trinajstić information content (AvgIpc) is 2.62. The molecule has 2 fully saturated rings. The Balaban J connectivity index is 0.00000121. The van der Waals surface area contributed by atoms with E-state index in [2.05, 4.69) is 22.2 Å². The van der Waals surface area contributed by atoms with Gasteiger partial charge in [0.2, 0.25) is 0 Å². The van der Waals surface area contributed by atoms with Crippen LogP contribution in [0.2, 0.25) is 0 Å². The standard InChI is InChI=1S/C19H26N4O.2ClH/c1-23(14-15-13-21-17-4-2-3-5-18(17)22-15)16-6-11-24-19(12-16)7-9-20-10-8-19;;/h2-5,13,16,20H,6-12,14H2,1H3;2*1H. The second-order valence-electron chi connectivity index (χ2n) is 7.19. The molecule has 1 atom stereocenters. The van der Waals surface area contributed by atoms with Crippen LogP contribution in [0.5, 0.6) is 0 Å². The number of nitrogens with one attached hydrogen (secondary N) is 1. The Morgan fingerprint density at radius 1 is 1.19 bits per heavy atom. The van der Waals surface area contributed by atoms with E-state index in [1.807, 2.05) is 30.5 Å². The first-order chi connectivity index (χ1) is 11.7. The molecule has 5 nitrogen and oxygen atoms in total. The Labute approximate surface area is 167 Å². The van der Waals surface area contributed by atoms with Crippen LogP contribution < -0.4 is 5.32 Å². The van der Waals surface area contributed by atoms with Gasteiger partial charge in [0.15, 0.2) is 0 Å². The van der Waals surface area contributed by atoms with Crippen molar-refractivity contribution in [3.8, 4) is 0 Å². The van der Waals surface area contributed by atoms with Crippen LogP contribution in [0.3, 0.4) is 0 Å². The minimum absolute atomic E-state index is 0. The first-order valence-corrected chi connectivity index (χ1v) is 9.00. The number of piperidine rings is 1. The normalized spacial score (nSPS) is 22.0. The van der Waals surface area contributed by atoms with Crippen LogP contribution in [0.25, 0.3) is 11.0 Å². The van der Waals surface area contributed by atoms with Gasteiger partial charge >= 0.3 is 0 Å². The molecule has 4 rings (SSSR count). The Hall–Kier alpha value is -0.980. The molecule has 0 amide bonds. The molecule has 26 heavy (non-hydrogen) atoms. The lowest BCUT2D eigenvalue weighted by molar-refractivity contribution is -0.119. The van der Waals surface area contributed by atoms with Crippen LogP contribution in [0.1, 0.15) is 31.4 Å². The highest BCUT2D eigenvalue weighted by molar-refractivity contribution is 5.85. The predicted molar refractivity (Wildman–Crippen MR) is 109 cm³/mol. The van der Waals surface area contributed by atoms with Crippen LogP contribution in [0.15, 0.2) is 30.5 Å². The maximum atomic E-state index is 6.20. The fraction of sp³-hybridized carbons (Fsp3) is 0.579. The number of ether oxygens (including phenoxy) is 1. The maximum Gasteiger partial charge on any atom is 0.0890 e. The summed E-state index contributed by atoms with van der Waals surface area (Å²) < 4.78 is 6.20. The third-order valence-corrected chi connectivity index (χ3v) is 5.51. The highest BCUT2D eigenvalue weighted by Crippen LogP contribution is 2.35. The zero-order valence-electron chi connectivity index (χ0n) is 15.2. The van der Waals surface area contributed by atoms with E-state index in [4.69, 9.17) is 9.72 Å². The van der Waals surface area contributed by atoms with Crippen LogP contribution >= 0.6 is 24.8 Å². The Kier molecular flexibility index (Phi) is 7.62. The van der Waals surface area contributed by atoms with Gasteiger partial charge in [0.25, 0.3) is 0 Å². The van der Waals surface area contributed by atoms with E-state index in [1.54, 1.807) is 0 Å². The molecule has 1 unspecified atom stereocenters. The molecule has 7 heteroatoms. The van der Waals surface area contributed by atoms with Crippen molar-refractivity contribution in [1.29, 1.82) is 0 Å². The van der Waals surface area contributed by atoms with Crippen molar-refractivity contribution < 1.29 is 4.74 Å². The van der Waals surface area contributed by atoms with E-state index < -0.39 is 0 Å². The molecule has 0 radical (unpaired) electrons. The third-order valence-electron chi connectivity index (χ3n) is 5.51. The molecule has 1 aromatic heterocycles. The quantitative estimate of drug-likeness (QED) is 0.859. The molecule has 0 aliphatic carbocycles. The highest BCUT2D eigenvalue weighted by Gasteiger charge is 2.39. The van der Waals surface area contributed by atoms with Gasteiger partial charge in [-0.25, -0.2) is 4.98 Å². The topological polar surface area (TPSA) is 50.3 Å². The largest absolute Gasteiger partial charge is 0.375 e. The minimum atomic E-state index is 0. The maximum absolute atomic E-state index is 6.20. The predicted octanol–water partition coefficient (Wildman–Crippen LogP) is 3.21. The molecule has 1 aromatic carbocycles. The second kappa shape index (κ2) is 9.29. The van der Waals surface area contributed by atoms with Gasteiger partial charge < -0.3 is 10.1 Å². The van der Waals surface area contributed by atoms with Crippen molar-refractivity contribution in [2.24, 2.45) is 0 Å². The summed E-state index contributed by atoms with van der Waals surface area (Å²) in [6.45, 7) is 3.87. The summed E-state index contributed by atoms with van der Waals surface area (Å²) in [5, 5.41) is 3.45. The molecule has 2 aliphatic rings. The number of hydrogen-bond acceptors (Lipinski definition) is 5. The molecule has 2 aliphatic heterocycles. The molecule has 144 valence electrons. The molecule has 0 bridgehead atoms. The third kappa shape index (κ3) is 4.65. The second-order valence-corrected chi connectivity index (χ2v) is 7.19. The molecule has 3 heterocycles. The van der Waals surface area contributed by atoms with E-state index in [9.17, 15) is 0 Å². The molecule has 0 saturated carbocycles. The number of aromatic nitrogens is 2. The minimum Gasteiger partial charge on any atom is -0.375 e. The van der Waals surface area contributed by atoms with Crippen LogP contribution in [-0.2, 0) is 11.3 Å². The smallest absolute Gasteiger partial charge is 0.0890 e. The summed E-state index contributed by atoms with van der Waals surface area (Å²) in [5.74, 6) is 0. The van der Waals surface area contributed by atoms with Crippen molar-refractivity contribution in [1.82, 2.24) is 20.2 Å². The fourth-order valence-corrected chi connectivity index (χ4v) is 4.07. The van der Waals surface area contributed by atoms with Crippen molar-refractivity contribution in [2.45, 2.75) is 43.9 Å². The van der Waals surface area contributed by atoms with Crippen molar-refractivity contribution in [2.75, 3.05) is 26.7 Å². The lowest BCUT2D eigenvalue weighted by Gasteiger charge is -2.46. The van der Waals surface area contributed by atoms with Gasteiger partial charge in [-0.2, -0.15) is 0 Å². The number of hydrogen-bond donors (Lipinski definition) is 1. The number of halogens is 2. The average molecular weight is 399 g/mol. The first kappa shape index (κ1) is 21.3. The lowest BCUT2D eigenvalue weighted by Crippen LogP contribution is -2.52. The van der Waals surface area contributed by atoms with Gasteiger partial charge in [-0.15, -0.1) is 24.8 Å². The van der Waals surface area contributed by atoms with Crippen LogP contribution in [0.4, 0.5) is 0 Å². The van der Waals surface area contributed by atoms with Crippen molar-refractivity contribution in [3.05, 3.63) is 36.2 Å². The number of rotatable bonds is 3. The number of benzene rings is 1. The first-order valence-electron chi connectivity index (χ1n) is 9.00. The molecule has 2 saturated heterocycles. The number of fused-ring (bicyclic) bond motifs is 1. The summed E-state index contributed by atoms with van der Waals surface area (Å²) >= 11 is 0. The molecule has 1 N–H and O–H groups in total. The summed E-state index contributed by atoms with van der Waals surface area (Å²) in [4.78, 5) is 11.7. The number of nitrogens with zero attached hydrogens (tertiary/aromatic N) is 3. The number of para-hydroxylation sites is 2. The van der Waals surface area contributed by atoms with Crippen LogP contribution in [-0.4, -0.2) is 53.3 Å². The van der Waals surface area contributed by atoms with E-state index in [-0.39, 0.29) is 30.4 Å². The zero-order chi connectivity index (χ0) is 16.4. The highest BCUT2D eigenvalue weighted by atomic mass is 35.5. The molecular weight excluding hydrogens is 371 g/mol. The fourth-order valence-electron chi connectivity index (χ4n) is 4.07. The van der Waals surface area contributed by atoms with Gasteiger partial charge in [-0.05, 0) is 58.0 Å². The molecule has 1 spiro atoms. The van der Waals surface area contributed by atoms with E-state index in [0.717, 1.165) is 68.7 Å². The Bertz CT molecular complexity index is 703. The SMILES string of the molecule is CN(Cc1cnc2ccccc2n1)C1CCOC2(CCNCC2)C1.Cl.Cl. The molecular formula is C19H28Cl2N4O. The zero-order valence-corrected chi connectivity index (χ0v) is 16.8. The summed E-state index contributed by atoms with van der Waals surface area (Å²) in [5.41, 5.74) is 3.08. The van der Waals surface area contributed by atoms with Gasteiger partial charge in [0.05, 0.1) is 28.5 Å². The van der Waals surface area contributed by atoms with Gasteiger partial charge in [0, 0.05) is 19.2 Å². The van der Waals surface area contributed by atoms with Gasteiger partial charge in [0.1, 0.15) is 0 Å². The van der Waals surface area contributed by atoms with Crippen molar-refractivity contribution in [3.63, 3.8) is 0 Å². The van der Waals surface area contributed by atoms with Gasteiger partial charge in [-0.3, -0.25) is 9.88 Å². The summed E-state index contributed by atoms with van der Waals surface area (Å²) in [6, 6.07) is 8.62. The van der Waals surface area contributed by atoms with E-state index in [0.29, 0.717) is 6.04 Å². The van der Waals surface area contributed by atoms with Crippen LogP contribution in [0, 0.1) is 0 Å². The van der Waals surface area contributed by atoms with Gasteiger partial charge in [-0.1, -0.05) is 12.1 Å². The lowest BCUT2D eigenvalue weighted by atomic mass is 9.82. The van der Waals surface area contributed by atoms with Crippen molar-refractivity contribution >= 4 is 35.8 Å². The monoisotopic (exact) mass is 398 g/mol. The summed E-state index contributed by atoms with van der Waals surface area (Å²) in [6.07, 6.45) is 6.41. The van der Waals surface area contributed by atoms with E-state index in [1.165, 1.54) is 0 Å². The van der Waals surface area contributed by atoms with E-state index >= 15 is 0 Å². The Morgan fingerprint density at radius 2 is 1.92 bits per heavy atom. The Morgan fingerprint density at radius 3 is 2.69 bits per heavy atom. The summed E-state index contributed by atoms with van der Waals surface area (Å²) in [7, 11) is 2.21.